The van der Waals surface area contributed by atoms with E-state index in [1.54, 1.807) is 124 Å². The van der Waals surface area contributed by atoms with Crippen molar-refractivity contribution in [3.63, 3.8) is 0 Å². The van der Waals surface area contributed by atoms with E-state index in [1.807, 2.05) is 38.1 Å². The number of benzene rings is 6. The number of phenols is 1. The lowest BCUT2D eigenvalue weighted by Gasteiger charge is -2.37. The number of carboxylic acids is 1. The van der Waals surface area contributed by atoms with Crippen molar-refractivity contribution < 1.29 is 106 Å². The van der Waals surface area contributed by atoms with Gasteiger partial charge in [-0.05, 0) is 107 Å². The highest BCUT2D eigenvalue weighted by molar-refractivity contribution is 8.00. The minimum atomic E-state index is -1.97. The number of carbonyl (C=O) groups excluding carboxylic acids is 13. The van der Waals surface area contributed by atoms with Crippen molar-refractivity contribution in [2.24, 2.45) is 11.8 Å². The first-order valence-corrected chi connectivity index (χ1v) is 44.9. The number of ether oxygens (including phenoxy) is 2. The number of fused-ring (bicyclic) bond motifs is 1. The Morgan fingerprint density at radius 1 is 0.553 bits per heavy atom. The molecule has 1 aromatic heterocycles. The van der Waals surface area contributed by atoms with Gasteiger partial charge in [0, 0.05) is 135 Å². The number of phenolic OH excluding ortho intramolecular Hbond substituents is 1. The molecule has 2 fully saturated rings. The number of nitrogens with one attached hydrogen (secondary N) is 9. The van der Waals surface area contributed by atoms with Crippen LogP contribution < -0.4 is 47.3 Å². The summed E-state index contributed by atoms with van der Waals surface area (Å²) in [6, 6.07) is 23.4. The van der Waals surface area contributed by atoms with E-state index in [0.717, 1.165) is 60.0 Å². The van der Waals surface area contributed by atoms with Gasteiger partial charge < -0.3 is 102 Å². The minimum Gasteiger partial charge on any atom is -0.508 e. The zero-order chi connectivity index (χ0) is 96.2. The van der Waals surface area contributed by atoms with Crippen molar-refractivity contribution in [1.29, 1.82) is 0 Å². The van der Waals surface area contributed by atoms with Gasteiger partial charge in [-0.2, -0.15) is 0 Å². The molecule has 34 nitrogen and oxygen atoms in total. The Bertz CT molecular complexity index is 5140. The Morgan fingerprint density at radius 3 is 1.72 bits per heavy atom. The van der Waals surface area contributed by atoms with Crippen LogP contribution in [-0.4, -0.2) is 291 Å². The van der Waals surface area contributed by atoms with Gasteiger partial charge in [-0.15, -0.1) is 11.8 Å². The summed E-state index contributed by atoms with van der Waals surface area (Å²) < 4.78 is 40.4. The number of nitrogens with zero attached hydrogens (tertiary/aromatic N) is 5. The highest BCUT2D eigenvalue weighted by atomic mass is 32.2. The van der Waals surface area contributed by atoms with Crippen LogP contribution in [0.15, 0.2) is 158 Å². The van der Waals surface area contributed by atoms with Crippen molar-refractivity contribution in [2.75, 3.05) is 73.1 Å². The molecule has 9 rings (SSSR count). The number of aromatic hydroxyl groups is 1. The molecule has 0 saturated carbocycles. The van der Waals surface area contributed by atoms with Gasteiger partial charge in [-0.1, -0.05) is 137 Å². The lowest BCUT2D eigenvalue weighted by atomic mass is 9.98. The summed E-state index contributed by atoms with van der Waals surface area (Å²) in [5.41, 5.74) is 3.86. The van der Waals surface area contributed by atoms with Crippen LogP contribution in [0, 0.1) is 23.5 Å². The molecule has 37 heteroatoms. The summed E-state index contributed by atoms with van der Waals surface area (Å²) in [6.45, 7) is 7.98. The lowest BCUT2D eigenvalue weighted by Crippen LogP contribution is -2.61. The molecule has 2 aliphatic rings. The molecular formula is C95H120F2N14O20S. The van der Waals surface area contributed by atoms with Crippen molar-refractivity contribution in [2.45, 2.75) is 190 Å². The third-order valence-corrected chi connectivity index (χ3v) is 24.5. The number of hydrogen-bond acceptors (Lipinski definition) is 20. The fourth-order valence-electron chi connectivity index (χ4n) is 16.1. The second-order valence-electron chi connectivity index (χ2n) is 34.2. The molecule has 13 N–H and O–H groups in total. The van der Waals surface area contributed by atoms with Gasteiger partial charge in [0.25, 0.3) is 0 Å². The average molecular weight is 1850 g/mol. The number of hydrogen-bond donors (Lipinski definition) is 13. The maximum Gasteiger partial charge on any atom is 0.305 e. The molecule has 0 bridgehead atoms. The van der Waals surface area contributed by atoms with E-state index in [4.69, 9.17) is 9.47 Å². The van der Waals surface area contributed by atoms with Gasteiger partial charge >= 0.3 is 5.97 Å². The van der Waals surface area contributed by atoms with Gasteiger partial charge in [-0.3, -0.25) is 67.1 Å². The number of aliphatic hydroxyl groups is 2. The second-order valence-corrected chi connectivity index (χ2v) is 35.2. The number of aromatic amines is 1. The summed E-state index contributed by atoms with van der Waals surface area (Å²) in [6.07, 6.45) is -2.32. The Morgan fingerprint density at radius 2 is 1.11 bits per heavy atom. The summed E-state index contributed by atoms with van der Waals surface area (Å²) in [4.78, 5) is 211. The van der Waals surface area contributed by atoms with Crippen LogP contribution in [0.4, 0.5) is 8.78 Å². The van der Waals surface area contributed by atoms with Gasteiger partial charge in [0.2, 0.25) is 77.3 Å². The molecule has 0 radical (unpaired) electrons. The maximum atomic E-state index is 15.6. The largest absolute Gasteiger partial charge is 0.508 e. The van der Waals surface area contributed by atoms with Crippen LogP contribution in [0.3, 0.4) is 0 Å². The zero-order valence-corrected chi connectivity index (χ0v) is 76.4. The number of likely N-dealkylation sites (tertiary alicyclic amines) is 2. The van der Waals surface area contributed by atoms with Crippen molar-refractivity contribution in [3.05, 3.63) is 203 Å². The molecule has 7 aromatic rings. The third kappa shape index (κ3) is 29.3. The van der Waals surface area contributed by atoms with Crippen LogP contribution in [0.5, 0.6) is 11.5 Å². The van der Waals surface area contributed by atoms with Crippen LogP contribution >= 0.6 is 11.8 Å². The standard InChI is InChI=1S/C95H120F2N14O20S/c1-55(2)39-73(102-87(121)74(41-60-25-30-64(113)31-26-60)103-85(119)72(99-54-112)46-63-49-98-71-24-18-17-23-68(63)71)86(120)100-57(5)52-132-53-82(116)101-76(43-62-29-34-69(96)70(97)40-62)91(125)109(8)81(45-59-21-15-12-16-22-59)93(127)107(6)78(36-38-130-9)94(128)111-51-66(115)47-80(111)90(124)104-75(48-83(117)118)88(122)106-84(56(3)4)95(129)108(7)79(44-58-19-13-11-14-20-58)89(123)105-77(92(126)110-37-35-65(114)50-110)42-61-27-32-67(131-10)33-28-61/h11-34,40,49,54-57,65-66,72-81,84,98,113-115H,35-39,41-48,50-53H2,1-10H3,(H,99,112)(H,100,120)(H,101,116)(H,102,121)(H,103,119)(H,104,124)(H,105,123)(H,106,122)(H,117,118)/t57-,65+,66+,72+,73+,74+,75+,76+,77+,78+,79-,80-,81?,84+/m1/s1. The first-order valence-electron chi connectivity index (χ1n) is 43.8. The number of H-pyrrole nitrogens is 1. The number of β-amino-alcohol motifs (C(OH)–C–C–N with tert-alkyl or cyclic N) is 2. The fraction of sp³-hybridized carbons (Fsp3) is 0.453. The number of aliphatic hydroxyl groups excluding tert-OH is 2. The number of carboxylic acid groups (broad SMARTS) is 1. The fourth-order valence-corrected chi connectivity index (χ4v) is 16.9. The van der Waals surface area contributed by atoms with Crippen LogP contribution in [-0.2, 0) is 110 Å². The molecule has 13 amide bonds. The molecule has 0 spiro atoms. The summed E-state index contributed by atoms with van der Waals surface area (Å²) in [5, 5.41) is 64.6. The number of methoxy groups -OCH3 is 2. The second kappa shape index (κ2) is 49.4. The van der Waals surface area contributed by atoms with E-state index in [9.17, 15) is 72.8 Å². The molecule has 0 aliphatic carbocycles. The number of aliphatic carboxylic acids is 1. The van der Waals surface area contributed by atoms with Crippen LogP contribution in [0.1, 0.15) is 100 Å². The van der Waals surface area contributed by atoms with E-state index < -0.39 is 205 Å². The average Bonchev–Trinajstić information content (AvgIpc) is 1.53. The molecule has 6 aromatic carbocycles. The van der Waals surface area contributed by atoms with Crippen molar-refractivity contribution in [3.8, 4) is 11.5 Å². The Labute approximate surface area is 769 Å². The maximum absolute atomic E-state index is 15.6. The van der Waals surface area contributed by atoms with Gasteiger partial charge in [-0.25, -0.2) is 8.78 Å². The summed E-state index contributed by atoms with van der Waals surface area (Å²) in [7, 11) is 6.68. The topological polar surface area (TPSA) is 467 Å². The Balaban J connectivity index is 0.886. The zero-order valence-electron chi connectivity index (χ0n) is 75.6. The molecule has 14 atom stereocenters. The molecule has 132 heavy (non-hydrogen) atoms. The van der Waals surface area contributed by atoms with E-state index >= 15 is 23.6 Å². The molecule has 3 heterocycles. The number of thioether (sulfide) groups is 1. The highest BCUT2D eigenvalue weighted by Crippen LogP contribution is 2.28. The number of amides is 13. The smallest absolute Gasteiger partial charge is 0.305 e. The Kier molecular flexibility index (Phi) is 38.5. The first-order chi connectivity index (χ1) is 62.9. The molecule has 710 valence electrons. The van der Waals surface area contributed by atoms with E-state index in [0.29, 0.717) is 40.8 Å². The van der Waals surface area contributed by atoms with Crippen molar-refractivity contribution in [1.82, 2.24) is 72.0 Å². The number of carbonyl (C=O) groups is 14. The van der Waals surface area contributed by atoms with E-state index in [-0.39, 0.29) is 93.4 Å². The first kappa shape index (κ1) is 103. The number of aromatic nitrogens is 1. The van der Waals surface area contributed by atoms with Crippen LogP contribution in [0.2, 0.25) is 0 Å². The van der Waals surface area contributed by atoms with Crippen LogP contribution in [0.25, 0.3) is 10.9 Å². The Hall–Kier alpha value is -12.9. The number of para-hydroxylation sites is 1. The van der Waals surface area contributed by atoms with Gasteiger partial charge in [0.05, 0.1) is 31.5 Å². The monoisotopic (exact) mass is 1850 g/mol. The summed E-state index contributed by atoms with van der Waals surface area (Å²) in [5.74, 6) is -14.7. The third-order valence-electron chi connectivity index (χ3n) is 23.3. The van der Waals surface area contributed by atoms with Crippen molar-refractivity contribution >= 4 is 106 Å². The molecule has 2 aliphatic heterocycles. The normalized spacial score (nSPS) is 16.7. The predicted octanol–water partition coefficient (Wildman–Crippen LogP) is 3.43. The molecule has 2 saturated heterocycles. The molecular weight excluding hydrogens is 1730 g/mol. The van der Waals surface area contributed by atoms with Gasteiger partial charge in [0.15, 0.2) is 11.6 Å². The quantitative estimate of drug-likeness (QED) is 0.0243. The predicted molar refractivity (Wildman–Crippen MR) is 486 cm³/mol. The summed E-state index contributed by atoms with van der Waals surface area (Å²) >= 11 is 1.03. The van der Waals surface area contributed by atoms with Gasteiger partial charge in [0.1, 0.15) is 78.0 Å². The van der Waals surface area contributed by atoms with E-state index in [2.05, 4.69) is 47.5 Å². The number of halogens is 2. The SMILES string of the molecule is COCC[C@@H](C(=O)N1C[C@@H](O)C[C@@H]1C(=O)N[C@@H](CC(=O)O)C(=O)N[C@H](C(=O)N(C)[C@H](Cc1ccccc1)C(=O)N[C@@H](Cc1ccc(OC)cc1)C(=O)N1CC[C@H](O)C1)C(C)C)N(C)C(=O)C(Cc1ccccc1)N(C)C(=O)[C@H](Cc1ccc(F)c(F)c1)NC(=O)CSC[C@@H](C)NC(=O)[C@H](CC(C)C)NC(=O)[C@H](Cc1ccc(O)cc1)NC(=O)[C@H](Cc1c[nH]c2ccccc12)NC=O. The van der Waals surface area contributed by atoms with E-state index in [1.165, 1.54) is 58.5 Å². The number of rotatable bonds is 48. The molecule has 1 unspecified atom stereocenters. The lowest BCUT2D eigenvalue weighted by molar-refractivity contribution is -0.153. The highest BCUT2D eigenvalue weighted by Gasteiger charge is 2.47. The minimum absolute atomic E-state index is 0.00377. The number of likely N-dealkylation sites (N-methyl/N-ethyl adjacent to an activating group) is 3.